The molecule has 0 bridgehead atoms. The fourth-order valence-electron chi connectivity index (χ4n) is 4.15. The third-order valence-electron chi connectivity index (χ3n) is 5.29. The zero-order valence-electron chi connectivity index (χ0n) is 11.6. The highest BCUT2D eigenvalue weighted by atomic mass is 14.6. The van der Waals surface area contributed by atoms with Crippen molar-refractivity contribution < 1.29 is 0 Å². The number of nitrogens with two attached hydrogens (primary N) is 1. The van der Waals surface area contributed by atoms with E-state index < -0.39 is 0 Å². The van der Waals surface area contributed by atoms with Gasteiger partial charge < -0.3 is 5.73 Å². The maximum absolute atomic E-state index is 6.18. The molecule has 0 radical (unpaired) electrons. The lowest BCUT2D eigenvalue weighted by molar-refractivity contribution is 0.147. The fraction of sp³-hybridized carbons (Fsp3) is 1.00. The molecule has 2 N–H and O–H groups in total. The Kier molecular flexibility index (Phi) is 5.34. The van der Waals surface area contributed by atoms with Gasteiger partial charge in [-0.1, -0.05) is 64.2 Å². The molecule has 0 saturated heterocycles. The summed E-state index contributed by atoms with van der Waals surface area (Å²) >= 11 is 0. The first kappa shape index (κ1) is 13.4. The molecule has 2 aliphatic rings. The molecule has 0 aliphatic heterocycles. The Morgan fingerprint density at radius 1 is 0.765 bits per heavy atom. The summed E-state index contributed by atoms with van der Waals surface area (Å²) in [7, 11) is 0. The van der Waals surface area contributed by atoms with Crippen molar-refractivity contribution in [3.8, 4) is 0 Å². The summed E-state index contributed by atoms with van der Waals surface area (Å²) in [6.45, 7) is 0.948. The summed E-state index contributed by atoms with van der Waals surface area (Å²) in [5.74, 6) is 1.01. The molecule has 0 atom stereocenters. The van der Waals surface area contributed by atoms with Crippen LogP contribution in [-0.2, 0) is 0 Å². The van der Waals surface area contributed by atoms with E-state index in [2.05, 4.69) is 0 Å². The molecule has 0 unspecified atom stereocenters. The molecule has 1 nitrogen and oxygen atoms in total. The van der Waals surface area contributed by atoms with E-state index in [0.29, 0.717) is 5.41 Å². The third-order valence-corrected chi connectivity index (χ3v) is 5.29. The molecule has 0 amide bonds. The van der Waals surface area contributed by atoms with E-state index in [9.17, 15) is 0 Å². The number of hydrogen-bond donors (Lipinski definition) is 1. The van der Waals surface area contributed by atoms with E-state index >= 15 is 0 Å². The van der Waals surface area contributed by atoms with Crippen molar-refractivity contribution in [1.82, 2.24) is 0 Å². The minimum atomic E-state index is 0.530. The van der Waals surface area contributed by atoms with Crippen LogP contribution >= 0.6 is 0 Å². The minimum Gasteiger partial charge on any atom is -0.330 e. The summed E-state index contributed by atoms with van der Waals surface area (Å²) < 4.78 is 0. The van der Waals surface area contributed by atoms with Gasteiger partial charge in [0.1, 0.15) is 0 Å². The highest BCUT2D eigenvalue weighted by molar-refractivity contribution is 4.85. The maximum Gasteiger partial charge on any atom is -0.00204 e. The molecule has 0 aromatic rings. The van der Waals surface area contributed by atoms with Gasteiger partial charge in [0.05, 0.1) is 0 Å². The van der Waals surface area contributed by atoms with Crippen LogP contribution in [0, 0.1) is 11.3 Å². The molecule has 0 aromatic heterocycles. The highest BCUT2D eigenvalue weighted by Gasteiger charge is 2.32. The Morgan fingerprint density at radius 3 is 1.88 bits per heavy atom. The van der Waals surface area contributed by atoms with Gasteiger partial charge >= 0.3 is 0 Å². The molecule has 17 heavy (non-hydrogen) atoms. The predicted octanol–water partition coefficient (Wildman–Crippen LogP) is 4.65. The summed E-state index contributed by atoms with van der Waals surface area (Å²) in [5, 5.41) is 0. The van der Waals surface area contributed by atoms with Crippen LogP contribution in [0.4, 0.5) is 0 Å². The van der Waals surface area contributed by atoms with Gasteiger partial charge in [0.25, 0.3) is 0 Å². The van der Waals surface area contributed by atoms with E-state index in [1.165, 1.54) is 83.5 Å². The Bertz CT molecular complexity index is 198. The number of hydrogen-bond acceptors (Lipinski definition) is 1. The first-order chi connectivity index (χ1) is 8.35. The van der Waals surface area contributed by atoms with Gasteiger partial charge in [-0.3, -0.25) is 0 Å². The van der Waals surface area contributed by atoms with E-state index in [4.69, 9.17) is 5.73 Å². The average molecular weight is 237 g/mol. The van der Waals surface area contributed by atoms with E-state index in [1.54, 1.807) is 0 Å². The lowest BCUT2D eigenvalue weighted by Gasteiger charge is -2.38. The molecule has 2 rings (SSSR count). The Morgan fingerprint density at radius 2 is 1.29 bits per heavy atom. The lowest BCUT2D eigenvalue weighted by Crippen LogP contribution is -2.34. The first-order valence-corrected chi connectivity index (χ1v) is 8.05. The van der Waals surface area contributed by atoms with Crippen LogP contribution in [0.3, 0.4) is 0 Å². The van der Waals surface area contributed by atoms with Crippen molar-refractivity contribution in [2.24, 2.45) is 17.1 Å². The summed E-state index contributed by atoms with van der Waals surface area (Å²) in [4.78, 5) is 0. The summed E-state index contributed by atoms with van der Waals surface area (Å²) in [6, 6.07) is 0. The van der Waals surface area contributed by atoms with Crippen LogP contribution in [-0.4, -0.2) is 6.54 Å². The van der Waals surface area contributed by atoms with Crippen molar-refractivity contribution in [3.63, 3.8) is 0 Å². The molecule has 2 aliphatic carbocycles. The normalized spacial score (nSPS) is 27.4. The second-order valence-electron chi connectivity index (χ2n) is 6.68. The minimum absolute atomic E-state index is 0.530. The molecule has 0 heterocycles. The highest BCUT2D eigenvalue weighted by Crippen LogP contribution is 2.42. The maximum atomic E-state index is 6.18. The molecule has 100 valence electrons. The van der Waals surface area contributed by atoms with E-state index in [0.717, 1.165) is 12.5 Å². The monoisotopic (exact) mass is 237 g/mol. The largest absolute Gasteiger partial charge is 0.330 e. The molecule has 2 fully saturated rings. The van der Waals surface area contributed by atoms with E-state index in [-0.39, 0.29) is 0 Å². The van der Waals surface area contributed by atoms with Gasteiger partial charge in [-0.2, -0.15) is 0 Å². The van der Waals surface area contributed by atoms with Crippen LogP contribution in [0.1, 0.15) is 83.5 Å². The van der Waals surface area contributed by atoms with Crippen LogP contribution in [0.2, 0.25) is 0 Å². The lowest BCUT2D eigenvalue weighted by atomic mass is 9.68. The van der Waals surface area contributed by atoms with Gasteiger partial charge in [-0.25, -0.2) is 0 Å². The van der Waals surface area contributed by atoms with Crippen LogP contribution in [0.25, 0.3) is 0 Å². The third kappa shape index (κ3) is 3.98. The number of rotatable bonds is 3. The van der Waals surface area contributed by atoms with Crippen LogP contribution in [0.15, 0.2) is 0 Å². The summed E-state index contributed by atoms with van der Waals surface area (Å²) in [6.07, 6.45) is 18.9. The molecular weight excluding hydrogens is 206 g/mol. The standard InChI is InChI=1S/C16H31N/c17-14-16(11-7-2-1-3-8-12-16)13-15-9-5-4-6-10-15/h15H,1-14,17H2. The Labute approximate surface area is 108 Å². The van der Waals surface area contributed by atoms with Crippen molar-refractivity contribution in [3.05, 3.63) is 0 Å². The van der Waals surface area contributed by atoms with Crippen LogP contribution < -0.4 is 5.73 Å². The molecule has 2 saturated carbocycles. The zero-order chi connectivity index (χ0) is 12.0. The SMILES string of the molecule is NCC1(CC2CCCCC2)CCCCCCC1. The smallest absolute Gasteiger partial charge is 0.00204 e. The second-order valence-corrected chi connectivity index (χ2v) is 6.68. The predicted molar refractivity (Wildman–Crippen MR) is 75.0 cm³/mol. The Balaban J connectivity index is 1.90. The van der Waals surface area contributed by atoms with Crippen molar-refractivity contribution >= 4 is 0 Å². The Hall–Kier alpha value is -0.0400. The van der Waals surface area contributed by atoms with E-state index in [1.807, 2.05) is 0 Å². The van der Waals surface area contributed by atoms with Gasteiger partial charge in [0, 0.05) is 0 Å². The molecule has 0 aromatic carbocycles. The first-order valence-electron chi connectivity index (χ1n) is 8.05. The molecule has 0 spiro atoms. The molecular formula is C16H31N. The van der Waals surface area contributed by atoms with Gasteiger partial charge in [0.2, 0.25) is 0 Å². The van der Waals surface area contributed by atoms with Crippen LogP contribution in [0.5, 0.6) is 0 Å². The van der Waals surface area contributed by atoms with Crippen molar-refractivity contribution in [2.45, 2.75) is 83.5 Å². The van der Waals surface area contributed by atoms with Crippen molar-refractivity contribution in [2.75, 3.05) is 6.54 Å². The topological polar surface area (TPSA) is 26.0 Å². The zero-order valence-corrected chi connectivity index (χ0v) is 11.6. The quantitative estimate of drug-likeness (QED) is 0.760. The molecule has 1 heteroatoms. The van der Waals surface area contributed by atoms with Gasteiger partial charge in [0.15, 0.2) is 0 Å². The van der Waals surface area contributed by atoms with Gasteiger partial charge in [-0.05, 0) is 37.1 Å². The van der Waals surface area contributed by atoms with Crippen molar-refractivity contribution in [1.29, 1.82) is 0 Å². The second kappa shape index (κ2) is 6.78. The average Bonchev–Trinajstić information content (AvgIpc) is 2.34. The van der Waals surface area contributed by atoms with Gasteiger partial charge in [-0.15, -0.1) is 0 Å². The summed E-state index contributed by atoms with van der Waals surface area (Å²) in [5.41, 5.74) is 6.71. The fourth-order valence-corrected chi connectivity index (χ4v) is 4.15.